The fraction of sp³-hybridized carbons (Fsp3) is 0.208. The summed E-state index contributed by atoms with van der Waals surface area (Å²) in [6.07, 6.45) is 3.00. The number of nitrogens with zero attached hydrogens (tertiary/aromatic N) is 2. The minimum Gasteiger partial charge on any atom is -0.463 e. The topological polar surface area (TPSA) is 68.6 Å². The van der Waals surface area contributed by atoms with E-state index < -0.39 is 5.97 Å². The molecule has 8 heteroatoms. The van der Waals surface area contributed by atoms with Crippen LogP contribution in [-0.2, 0) is 16.1 Å². The molecule has 1 aromatic heterocycles. The van der Waals surface area contributed by atoms with Crippen LogP contribution >= 0.6 is 22.9 Å². The lowest BCUT2D eigenvalue weighted by molar-refractivity contribution is -0.135. The van der Waals surface area contributed by atoms with Gasteiger partial charge in [0, 0.05) is 30.4 Å². The normalized spacial score (nSPS) is 12.1. The standard InChI is InChI=1S/C24H23ClN2O4S/c1-4-31-23(29)14-22-27(15-20(28)17-7-9-18(25)10-8-17)24(30)21(32-22)13-16-5-11-19(12-6-16)26(2)3/h5-14H,4,15H2,1-3H3. The number of ketones is 1. The SMILES string of the molecule is CCOC(=O)C=c1sc(=Cc2ccc(N(C)C)cc2)c(=O)n1CC(=O)c1ccc(Cl)cc1. The summed E-state index contributed by atoms with van der Waals surface area (Å²) in [7, 11) is 3.90. The Morgan fingerprint density at radius 3 is 2.34 bits per heavy atom. The summed E-state index contributed by atoms with van der Waals surface area (Å²) in [6.45, 7) is 1.72. The third kappa shape index (κ3) is 5.75. The Bertz CT molecular complexity index is 1290. The van der Waals surface area contributed by atoms with Crippen molar-refractivity contribution in [2.75, 3.05) is 25.6 Å². The molecule has 0 N–H and O–H groups in total. The summed E-state index contributed by atoms with van der Waals surface area (Å²) < 4.78 is 7.07. The first-order valence-electron chi connectivity index (χ1n) is 9.94. The summed E-state index contributed by atoms with van der Waals surface area (Å²) in [5.74, 6) is -0.828. The fourth-order valence-electron chi connectivity index (χ4n) is 2.97. The van der Waals surface area contributed by atoms with Gasteiger partial charge in [-0.3, -0.25) is 14.2 Å². The van der Waals surface area contributed by atoms with Crippen molar-refractivity contribution in [2.45, 2.75) is 13.5 Å². The van der Waals surface area contributed by atoms with Crippen molar-refractivity contribution < 1.29 is 14.3 Å². The van der Waals surface area contributed by atoms with Crippen molar-refractivity contribution in [3.8, 4) is 0 Å². The number of carbonyl (C=O) groups is 2. The first-order valence-corrected chi connectivity index (χ1v) is 11.1. The van der Waals surface area contributed by atoms with Crippen molar-refractivity contribution in [3.05, 3.63) is 84.2 Å². The Kier molecular flexibility index (Phi) is 7.66. The molecule has 1 heterocycles. The van der Waals surface area contributed by atoms with Crippen LogP contribution in [0.4, 0.5) is 5.69 Å². The maximum atomic E-state index is 13.1. The highest BCUT2D eigenvalue weighted by atomic mass is 35.5. The number of anilines is 1. The van der Waals surface area contributed by atoms with Gasteiger partial charge < -0.3 is 9.64 Å². The minimum absolute atomic E-state index is 0.199. The number of carbonyl (C=O) groups excluding carboxylic acids is 2. The van der Waals surface area contributed by atoms with E-state index in [4.69, 9.17) is 16.3 Å². The van der Waals surface area contributed by atoms with Crippen LogP contribution in [-0.4, -0.2) is 37.0 Å². The quantitative estimate of drug-likeness (QED) is 0.392. The second-order valence-electron chi connectivity index (χ2n) is 7.15. The Hall–Kier alpha value is -3.16. The van der Waals surface area contributed by atoms with Gasteiger partial charge in [-0.15, -0.1) is 11.3 Å². The highest BCUT2D eigenvalue weighted by molar-refractivity contribution is 7.07. The van der Waals surface area contributed by atoms with Crippen molar-refractivity contribution in [1.82, 2.24) is 4.57 Å². The molecule has 6 nitrogen and oxygen atoms in total. The highest BCUT2D eigenvalue weighted by Gasteiger charge is 2.13. The predicted octanol–water partition coefficient (Wildman–Crippen LogP) is 2.68. The molecule has 0 spiro atoms. The summed E-state index contributed by atoms with van der Waals surface area (Å²) in [4.78, 5) is 39.9. The number of hydrogen-bond acceptors (Lipinski definition) is 6. The molecule has 0 fully saturated rings. The zero-order valence-electron chi connectivity index (χ0n) is 18.0. The van der Waals surface area contributed by atoms with E-state index in [0.717, 1.165) is 22.6 Å². The Morgan fingerprint density at radius 1 is 1.09 bits per heavy atom. The molecule has 0 aliphatic carbocycles. The van der Waals surface area contributed by atoms with Gasteiger partial charge in [0.1, 0.15) is 4.66 Å². The number of aromatic nitrogens is 1. The zero-order chi connectivity index (χ0) is 23.3. The van der Waals surface area contributed by atoms with Crippen LogP contribution in [0.1, 0.15) is 22.8 Å². The number of esters is 1. The maximum Gasteiger partial charge on any atom is 0.333 e. The van der Waals surface area contributed by atoms with Crippen LogP contribution in [0.3, 0.4) is 0 Å². The van der Waals surface area contributed by atoms with E-state index in [1.165, 1.54) is 10.6 Å². The van der Waals surface area contributed by atoms with E-state index in [9.17, 15) is 14.4 Å². The van der Waals surface area contributed by atoms with Crippen LogP contribution < -0.4 is 19.7 Å². The predicted molar refractivity (Wildman–Crippen MR) is 129 cm³/mol. The molecule has 0 amide bonds. The van der Waals surface area contributed by atoms with Gasteiger partial charge in [0.25, 0.3) is 5.56 Å². The van der Waals surface area contributed by atoms with Crippen molar-refractivity contribution in [1.29, 1.82) is 0 Å². The van der Waals surface area contributed by atoms with Gasteiger partial charge in [-0.2, -0.15) is 0 Å². The van der Waals surface area contributed by atoms with Gasteiger partial charge in [0.2, 0.25) is 0 Å². The van der Waals surface area contributed by atoms with E-state index in [-0.39, 0.29) is 24.5 Å². The number of thiazole rings is 1. The van der Waals surface area contributed by atoms with Gasteiger partial charge in [0.15, 0.2) is 5.78 Å². The summed E-state index contributed by atoms with van der Waals surface area (Å²) in [5, 5.41) is 0.516. The number of benzene rings is 2. The van der Waals surface area contributed by atoms with E-state index in [0.29, 0.717) is 19.8 Å². The smallest absolute Gasteiger partial charge is 0.333 e. The molecule has 0 saturated carbocycles. The second kappa shape index (κ2) is 10.4. The molecule has 0 bridgehead atoms. The van der Waals surface area contributed by atoms with Gasteiger partial charge in [-0.1, -0.05) is 23.7 Å². The summed E-state index contributed by atoms with van der Waals surface area (Å²) in [6, 6.07) is 14.2. The van der Waals surface area contributed by atoms with E-state index in [2.05, 4.69) is 0 Å². The number of ether oxygens (including phenoxy) is 1. The molecular formula is C24H23ClN2O4S. The van der Waals surface area contributed by atoms with Crippen molar-refractivity contribution in [3.63, 3.8) is 0 Å². The third-order valence-electron chi connectivity index (χ3n) is 4.64. The molecule has 3 aromatic rings. The minimum atomic E-state index is -0.566. The van der Waals surface area contributed by atoms with Crippen LogP contribution in [0.5, 0.6) is 0 Å². The van der Waals surface area contributed by atoms with E-state index in [1.807, 2.05) is 43.3 Å². The van der Waals surface area contributed by atoms with Gasteiger partial charge >= 0.3 is 5.97 Å². The molecule has 0 aliphatic heterocycles. The van der Waals surface area contributed by atoms with Crippen molar-refractivity contribution >= 4 is 52.5 Å². The van der Waals surface area contributed by atoms with Gasteiger partial charge in [0.05, 0.1) is 23.8 Å². The molecule has 0 aliphatic rings. The van der Waals surface area contributed by atoms with E-state index >= 15 is 0 Å². The average molecular weight is 471 g/mol. The average Bonchev–Trinajstić information content (AvgIpc) is 3.03. The van der Waals surface area contributed by atoms with Crippen LogP contribution in [0.25, 0.3) is 12.2 Å². The number of hydrogen-bond donors (Lipinski definition) is 0. The Labute approximate surface area is 194 Å². The molecular weight excluding hydrogens is 448 g/mol. The highest BCUT2D eigenvalue weighted by Crippen LogP contribution is 2.12. The molecule has 2 aromatic carbocycles. The summed E-state index contributed by atoms with van der Waals surface area (Å²) >= 11 is 7.03. The second-order valence-corrected chi connectivity index (χ2v) is 8.65. The zero-order valence-corrected chi connectivity index (χ0v) is 19.6. The largest absolute Gasteiger partial charge is 0.463 e. The van der Waals surface area contributed by atoms with Gasteiger partial charge in [-0.05, 0) is 55.0 Å². The lowest BCUT2D eigenvalue weighted by Gasteiger charge is -2.11. The van der Waals surface area contributed by atoms with E-state index in [1.54, 1.807) is 37.3 Å². The molecule has 0 radical (unpaired) electrons. The maximum absolute atomic E-state index is 13.1. The van der Waals surface area contributed by atoms with Crippen LogP contribution in [0.2, 0.25) is 5.02 Å². The monoisotopic (exact) mass is 470 g/mol. The lowest BCUT2D eigenvalue weighted by Crippen LogP contribution is -2.34. The Balaban J connectivity index is 2.05. The molecule has 0 atom stereocenters. The molecule has 32 heavy (non-hydrogen) atoms. The summed E-state index contributed by atoms with van der Waals surface area (Å²) in [5.41, 5.74) is 1.97. The number of Topliss-reactive ketones (excluding diaryl/α,β-unsaturated/α-hetero) is 1. The van der Waals surface area contributed by atoms with Gasteiger partial charge in [-0.25, -0.2) is 4.79 Å². The first-order chi connectivity index (χ1) is 15.3. The molecule has 0 unspecified atom stereocenters. The molecule has 166 valence electrons. The molecule has 0 saturated heterocycles. The van der Waals surface area contributed by atoms with Crippen molar-refractivity contribution in [2.24, 2.45) is 0 Å². The lowest BCUT2D eigenvalue weighted by atomic mass is 10.1. The van der Waals surface area contributed by atoms with Crippen LogP contribution in [0, 0.1) is 0 Å². The number of rotatable bonds is 7. The van der Waals surface area contributed by atoms with Crippen LogP contribution in [0.15, 0.2) is 53.3 Å². The number of halogens is 1. The Morgan fingerprint density at radius 2 is 1.75 bits per heavy atom. The molecule has 3 rings (SSSR count). The first kappa shape index (κ1) is 23.5. The third-order valence-corrected chi connectivity index (χ3v) is 5.95. The fourth-order valence-corrected chi connectivity index (χ4v) is 4.12.